The van der Waals surface area contributed by atoms with Crippen molar-refractivity contribution in [2.24, 2.45) is 5.92 Å². The summed E-state index contributed by atoms with van der Waals surface area (Å²) in [5.41, 5.74) is -0.948. The first-order chi connectivity index (χ1) is 9.23. The molecule has 20 heavy (non-hydrogen) atoms. The predicted octanol–water partition coefficient (Wildman–Crippen LogP) is 2.20. The van der Waals surface area contributed by atoms with Crippen LogP contribution in [0.2, 0.25) is 0 Å². The molecule has 0 radical (unpaired) electrons. The molecular weight excluding hydrogens is 260 g/mol. The summed E-state index contributed by atoms with van der Waals surface area (Å²) >= 11 is 0. The quantitative estimate of drug-likeness (QED) is 0.598. The molecule has 5 heteroatoms. The Morgan fingerprint density at radius 1 is 1.00 bits per heavy atom. The summed E-state index contributed by atoms with van der Waals surface area (Å²) in [4.78, 5) is 24.1. The Labute approximate surface area is 120 Å². The molecule has 0 bridgehead atoms. The molecule has 0 atom stereocenters. The molecule has 116 valence electrons. The van der Waals surface area contributed by atoms with Gasteiger partial charge in [0.1, 0.15) is 0 Å². The fourth-order valence-electron chi connectivity index (χ4n) is 2.51. The number of hydrogen-bond acceptors (Lipinski definition) is 5. The van der Waals surface area contributed by atoms with Gasteiger partial charge in [0.25, 0.3) is 0 Å². The van der Waals surface area contributed by atoms with Gasteiger partial charge in [0, 0.05) is 6.42 Å². The van der Waals surface area contributed by atoms with Crippen molar-refractivity contribution in [2.45, 2.75) is 77.6 Å². The molecule has 0 spiro atoms. The number of esters is 2. The summed E-state index contributed by atoms with van der Waals surface area (Å²) in [7, 11) is 0. The van der Waals surface area contributed by atoms with Crippen molar-refractivity contribution in [3.05, 3.63) is 0 Å². The first kappa shape index (κ1) is 17.0. The summed E-state index contributed by atoms with van der Waals surface area (Å²) in [5, 5.41) is 10.4. The largest absolute Gasteiger partial charge is 0.462 e. The number of carbonyl (C=O) groups excluding carboxylic acids is 2. The smallest absolute Gasteiger partial charge is 0.320 e. The van der Waals surface area contributed by atoms with Gasteiger partial charge in [-0.05, 0) is 40.5 Å². The van der Waals surface area contributed by atoms with E-state index in [1.165, 1.54) is 0 Å². The van der Waals surface area contributed by atoms with Crippen molar-refractivity contribution < 1.29 is 24.2 Å². The van der Waals surface area contributed by atoms with Crippen molar-refractivity contribution in [3.63, 3.8) is 0 Å². The average molecular weight is 286 g/mol. The van der Waals surface area contributed by atoms with Crippen LogP contribution in [0.1, 0.15) is 59.8 Å². The highest BCUT2D eigenvalue weighted by molar-refractivity contribution is 5.95. The summed E-state index contributed by atoms with van der Waals surface area (Å²) < 4.78 is 10.2. The monoisotopic (exact) mass is 286 g/mol. The zero-order valence-corrected chi connectivity index (χ0v) is 12.8. The van der Waals surface area contributed by atoms with Gasteiger partial charge in [0.2, 0.25) is 0 Å². The SMILES string of the molecule is CC(C)OC(=O)C(CC1(O)CCCC1)C(=O)OC(C)C. The van der Waals surface area contributed by atoms with Crippen molar-refractivity contribution in [3.8, 4) is 0 Å². The highest BCUT2D eigenvalue weighted by atomic mass is 16.6. The van der Waals surface area contributed by atoms with E-state index in [9.17, 15) is 14.7 Å². The first-order valence-electron chi connectivity index (χ1n) is 7.37. The molecule has 1 saturated carbocycles. The molecule has 0 saturated heterocycles. The van der Waals surface area contributed by atoms with E-state index in [0.29, 0.717) is 12.8 Å². The minimum atomic E-state index is -1.04. The van der Waals surface area contributed by atoms with E-state index in [2.05, 4.69) is 0 Å². The second kappa shape index (κ2) is 7.07. The highest BCUT2D eigenvalue weighted by Crippen LogP contribution is 2.35. The second-order valence-corrected chi connectivity index (χ2v) is 6.16. The third-order valence-electron chi connectivity index (χ3n) is 3.39. The lowest BCUT2D eigenvalue weighted by atomic mass is 9.89. The van der Waals surface area contributed by atoms with E-state index < -0.39 is 23.5 Å². The predicted molar refractivity (Wildman–Crippen MR) is 74.0 cm³/mol. The number of carbonyl (C=O) groups is 2. The molecule has 1 aliphatic carbocycles. The maximum absolute atomic E-state index is 12.1. The van der Waals surface area contributed by atoms with Gasteiger partial charge < -0.3 is 14.6 Å². The lowest BCUT2D eigenvalue weighted by Gasteiger charge is -2.27. The van der Waals surface area contributed by atoms with Crippen LogP contribution in [0.15, 0.2) is 0 Å². The van der Waals surface area contributed by atoms with Crippen molar-refractivity contribution in [1.29, 1.82) is 0 Å². The molecule has 0 unspecified atom stereocenters. The molecule has 0 aromatic rings. The molecule has 1 aliphatic rings. The van der Waals surface area contributed by atoms with Gasteiger partial charge in [-0.1, -0.05) is 12.8 Å². The molecule has 1 fully saturated rings. The summed E-state index contributed by atoms with van der Waals surface area (Å²) in [6.45, 7) is 6.92. The fraction of sp³-hybridized carbons (Fsp3) is 0.867. The number of rotatable bonds is 6. The van der Waals surface area contributed by atoms with Gasteiger partial charge in [-0.25, -0.2) is 0 Å². The summed E-state index contributed by atoms with van der Waals surface area (Å²) in [6, 6.07) is 0. The zero-order chi connectivity index (χ0) is 15.3. The summed E-state index contributed by atoms with van der Waals surface area (Å²) in [5.74, 6) is -2.25. The molecule has 0 aliphatic heterocycles. The third-order valence-corrected chi connectivity index (χ3v) is 3.39. The van der Waals surface area contributed by atoms with Crippen LogP contribution >= 0.6 is 0 Å². The van der Waals surface area contributed by atoms with Gasteiger partial charge in [-0.2, -0.15) is 0 Å². The Hall–Kier alpha value is -1.10. The average Bonchev–Trinajstić information content (AvgIpc) is 2.71. The van der Waals surface area contributed by atoms with Crippen LogP contribution in [0.25, 0.3) is 0 Å². The molecular formula is C15H26O5. The highest BCUT2D eigenvalue weighted by Gasteiger charge is 2.41. The Morgan fingerprint density at radius 3 is 1.75 bits per heavy atom. The van der Waals surface area contributed by atoms with Gasteiger partial charge in [0.05, 0.1) is 17.8 Å². The van der Waals surface area contributed by atoms with E-state index >= 15 is 0 Å². The second-order valence-electron chi connectivity index (χ2n) is 6.16. The lowest BCUT2D eigenvalue weighted by molar-refractivity contribution is -0.169. The Morgan fingerprint density at radius 2 is 1.40 bits per heavy atom. The standard InChI is InChI=1S/C15H26O5/c1-10(2)19-13(16)12(14(17)20-11(3)4)9-15(18)7-5-6-8-15/h10-12,18H,5-9H2,1-4H3. The van der Waals surface area contributed by atoms with Crippen LogP contribution in [-0.2, 0) is 19.1 Å². The van der Waals surface area contributed by atoms with E-state index in [0.717, 1.165) is 12.8 Å². The zero-order valence-electron chi connectivity index (χ0n) is 12.8. The molecule has 1 rings (SSSR count). The van der Waals surface area contributed by atoms with Crippen LogP contribution in [-0.4, -0.2) is 34.9 Å². The van der Waals surface area contributed by atoms with Crippen molar-refractivity contribution >= 4 is 11.9 Å². The molecule has 1 N–H and O–H groups in total. The third kappa shape index (κ3) is 5.12. The topological polar surface area (TPSA) is 72.8 Å². The van der Waals surface area contributed by atoms with Crippen molar-refractivity contribution in [2.75, 3.05) is 0 Å². The van der Waals surface area contributed by atoms with Gasteiger partial charge >= 0.3 is 11.9 Å². The van der Waals surface area contributed by atoms with E-state index in [1.54, 1.807) is 27.7 Å². The minimum Gasteiger partial charge on any atom is -0.462 e. The Balaban J connectivity index is 2.77. The van der Waals surface area contributed by atoms with E-state index in [4.69, 9.17) is 9.47 Å². The van der Waals surface area contributed by atoms with Crippen LogP contribution in [0.5, 0.6) is 0 Å². The van der Waals surface area contributed by atoms with Crippen LogP contribution in [0.3, 0.4) is 0 Å². The number of ether oxygens (including phenoxy) is 2. The molecule has 0 amide bonds. The molecule has 0 heterocycles. The number of hydrogen-bond donors (Lipinski definition) is 1. The van der Waals surface area contributed by atoms with Gasteiger partial charge in [-0.3, -0.25) is 9.59 Å². The van der Waals surface area contributed by atoms with Crippen molar-refractivity contribution in [1.82, 2.24) is 0 Å². The lowest BCUT2D eigenvalue weighted by Crippen LogP contribution is -2.38. The minimum absolute atomic E-state index is 0.0874. The maximum atomic E-state index is 12.1. The summed E-state index contributed by atoms with van der Waals surface area (Å²) in [6.07, 6.45) is 2.57. The van der Waals surface area contributed by atoms with Gasteiger partial charge in [-0.15, -0.1) is 0 Å². The van der Waals surface area contributed by atoms with E-state index in [-0.39, 0.29) is 18.6 Å². The van der Waals surface area contributed by atoms with Crippen LogP contribution in [0.4, 0.5) is 0 Å². The molecule has 0 aromatic carbocycles. The van der Waals surface area contributed by atoms with Crippen LogP contribution in [0, 0.1) is 5.92 Å². The molecule has 0 aromatic heterocycles. The normalized spacial score (nSPS) is 17.8. The first-order valence-corrected chi connectivity index (χ1v) is 7.37. The van der Waals surface area contributed by atoms with E-state index in [1.807, 2.05) is 0 Å². The maximum Gasteiger partial charge on any atom is 0.320 e. The van der Waals surface area contributed by atoms with Gasteiger partial charge in [0.15, 0.2) is 5.92 Å². The Kier molecular flexibility index (Phi) is 5.99. The van der Waals surface area contributed by atoms with Crippen LogP contribution < -0.4 is 0 Å². The number of aliphatic hydroxyl groups is 1. The fourth-order valence-corrected chi connectivity index (χ4v) is 2.51. The molecule has 5 nitrogen and oxygen atoms in total. The Bertz CT molecular complexity index is 320.